The number of hydrogen-bond acceptors (Lipinski definition) is 3. The second-order valence-corrected chi connectivity index (χ2v) is 2.90. The number of hydrogen-bond donors (Lipinski definition) is 1. The van der Waals surface area contributed by atoms with E-state index in [1.165, 1.54) is 23.4 Å². The largest absolute Gasteiger partial charge is 0.398 e. The Labute approximate surface area is 80.2 Å². The Morgan fingerprint density at radius 3 is 2.93 bits per heavy atom. The monoisotopic (exact) mass is 192 g/mol. The van der Waals surface area contributed by atoms with Crippen LogP contribution in [0.15, 0.2) is 30.9 Å². The molecular weight excluding hydrogens is 183 g/mol. The van der Waals surface area contributed by atoms with Gasteiger partial charge in [0.1, 0.15) is 18.5 Å². The molecule has 0 saturated heterocycles. The zero-order chi connectivity index (χ0) is 9.97. The van der Waals surface area contributed by atoms with Crippen LogP contribution in [0.3, 0.4) is 0 Å². The van der Waals surface area contributed by atoms with Gasteiger partial charge in [-0.1, -0.05) is 6.07 Å². The number of nitrogen functional groups attached to an aromatic ring is 1. The molecule has 0 atom stereocenters. The molecule has 0 amide bonds. The highest BCUT2D eigenvalue weighted by atomic mass is 19.1. The molecule has 0 radical (unpaired) electrons. The van der Waals surface area contributed by atoms with Crippen molar-refractivity contribution >= 4 is 5.69 Å². The maximum Gasteiger partial charge on any atom is 0.137 e. The van der Waals surface area contributed by atoms with E-state index in [0.29, 0.717) is 17.8 Å². The Morgan fingerprint density at radius 2 is 2.29 bits per heavy atom. The normalized spacial score (nSPS) is 10.4. The number of anilines is 1. The van der Waals surface area contributed by atoms with Gasteiger partial charge < -0.3 is 5.73 Å². The average Bonchev–Trinajstić information content (AvgIpc) is 2.64. The topological polar surface area (TPSA) is 56.7 Å². The minimum Gasteiger partial charge on any atom is -0.398 e. The minimum atomic E-state index is -0.319. The second kappa shape index (κ2) is 3.45. The lowest BCUT2D eigenvalue weighted by Crippen LogP contribution is -2.05. The van der Waals surface area contributed by atoms with Gasteiger partial charge in [0.05, 0.1) is 6.54 Å². The Morgan fingerprint density at radius 1 is 1.43 bits per heavy atom. The lowest BCUT2D eigenvalue weighted by atomic mass is 10.1. The van der Waals surface area contributed by atoms with E-state index in [1.54, 1.807) is 12.1 Å². The van der Waals surface area contributed by atoms with Crippen molar-refractivity contribution in [3.05, 3.63) is 42.2 Å². The van der Waals surface area contributed by atoms with Gasteiger partial charge in [-0.05, 0) is 12.1 Å². The molecule has 1 aromatic carbocycles. The molecule has 0 fully saturated rings. The summed E-state index contributed by atoms with van der Waals surface area (Å²) in [5.41, 5.74) is 6.51. The first-order chi connectivity index (χ1) is 6.77. The molecule has 14 heavy (non-hydrogen) atoms. The summed E-state index contributed by atoms with van der Waals surface area (Å²) in [5, 5.41) is 3.88. The molecule has 0 aliphatic rings. The number of rotatable bonds is 2. The van der Waals surface area contributed by atoms with Crippen LogP contribution in [0.4, 0.5) is 10.1 Å². The fourth-order valence-electron chi connectivity index (χ4n) is 1.22. The van der Waals surface area contributed by atoms with Crippen molar-refractivity contribution < 1.29 is 4.39 Å². The zero-order valence-electron chi connectivity index (χ0n) is 7.39. The number of aromatic nitrogens is 3. The van der Waals surface area contributed by atoms with Crippen molar-refractivity contribution in [3.63, 3.8) is 0 Å². The van der Waals surface area contributed by atoms with Crippen LogP contribution in [-0.4, -0.2) is 14.8 Å². The van der Waals surface area contributed by atoms with Gasteiger partial charge >= 0.3 is 0 Å². The van der Waals surface area contributed by atoms with E-state index in [-0.39, 0.29) is 5.82 Å². The fourth-order valence-corrected chi connectivity index (χ4v) is 1.22. The molecular formula is C9H9FN4. The standard InChI is InChI=1S/C9H9FN4/c10-8-2-1-3-9(11)7(8)4-14-6-12-5-13-14/h1-3,5-6H,4,11H2. The molecule has 0 aliphatic carbocycles. The van der Waals surface area contributed by atoms with E-state index in [2.05, 4.69) is 10.1 Å². The first kappa shape index (κ1) is 8.68. The van der Waals surface area contributed by atoms with E-state index >= 15 is 0 Å². The smallest absolute Gasteiger partial charge is 0.137 e. The third kappa shape index (κ3) is 1.56. The molecule has 2 N–H and O–H groups in total. The van der Waals surface area contributed by atoms with Crippen LogP contribution in [0.2, 0.25) is 0 Å². The predicted octanol–water partition coefficient (Wildman–Crippen LogP) is 1.05. The van der Waals surface area contributed by atoms with Crippen molar-refractivity contribution in [1.29, 1.82) is 0 Å². The van der Waals surface area contributed by atoms with Crippen LogP contribution in [0.25, 0.3) is 0 Å². The third-order valence-electron chi connectivity index (χ3n) is 1.94. The van der Waals surface area contributed by atoms with E-state index < -0.39 is 0 Å². The maximum atomic E-state index is 13.3. The summed E-state index contributed by atoms with van der Waals surface area (Å²) in [5.74, 6) is -0.319. The highest BCUT2D eigenvalue weighted by molar-refractivity contribution is 5.47. The van der Waals surface area contributed by atoms with Crippen molar-refractivity contribution in [2.24, 2.45) is 0 Å². The van der Waals surface area contributed by atoms with Gasteiger partial charge in [0, 0.05) is 11.3 Å². The van der Waals surface area contributed by atoms with Gasteiger partial charge in [-0.25, -0.2) is 14.1 Å². The van der Waals surface area contributed by atoms with Crippen molar-refractivity contribution in [2.75, 3.05) is 5.73 Å². The van der Waals surface area contributed by atoms with E-state index in [4.69, 9.17) is 5.73 Å². The summed E-state index contributed by atoms with van der Waals surface area (Å²) in [4.78, 5) is 3.77. The molecule has 0 aliphatic heterocycles. The van der Waals surface area contributed by atoms with Gasteiger partial charge in [0.15, 0.2) is 0 Å². The first-order valence-corrected chi connectivity index (χ1v) is 4.12. The zero-order valence-corrected chi connectivity index (χ0v) is 7.39. The van der Waals surface area contributed by atoms with Crippen LogP contribution >= 0.6 is 0 Å². The third-order valence-corrected chi connectivity index (χ3v) is 1.94. The number of nitrogens with two attached hydrogens (primary N) is 1. The molecule has 0 spiro atoms. The Balaban J connectivity index is 2.33. The lowest BCUT2D eigenvalue weighted by Gasteiger charge is -2.05. The van der Waals surface area contributed by atoms with Crippen molar-refractivity contribution in [3.8, 4) is 0 Å². The summed E-state index contributed by atoms with van der Waals surface area (Å²) < 4.78 is 14.8. The summed E-state index contributed by atoms with van der Waals surface area (Å²) >= 11 is 0. The van der Waals surface area contributed by atoms with E-state index in [1.807, 2.05) is 0 Å². The maximum absolute atomic E-state index is 13.3. The molecule has 4 nitrogen and oxygen atoms in total. The molecule has 2 aromatic rings. The Kier molecular flexibility index (Phi) is 2.14. The molecule has 2 rings (SSSR count). The minimum absolute atomic E-state index is 0.304. The van der Waals surface area contributed by atoms with Crippen LogP contribution in [0, 0.1) is 5.82 Å². The highest BCUT2D eigenvalue weighted by Crippen LogP contribution is 2.16. The van der Waals surface area contributed by atoms with Crippen LogP contribution in [0.5, 0.6) is 0 Å². The Hall–Kier alpha value is -1.91. The molecule has 0 saturated carbocycles. The molecule has 0 unspecified atom stereocenters. The molecule has 72 valence electrons. The number of halogens is 1. The SMILES string of the molecule is Nc1cccc(F)c1Cn1cncn1. The quantitative estimate of drug-likeness (QED) is 0.723. The summed E-state index contributed by atoms with van der Waals surface area (Å²) in [6.45, 7) is 0.304. The van der Waals surface area contributed by atoms with Crippen LogP contribution in [0.1, 0.15) is 5.56 Å². The van der Waals surface area contributed by atoms with Gasteiger partial charge in [-0.15, -0.1) is 0 Å². The second-order valence-electron chi connectivity index (χ2n) is 2.90. The van der Waals surface area contributed by atoms with Crippen molar-refractivity contribution in [1.82, 2.24) is 14.8 Å². The van der Waals surface area contributed by atoms with E-state index in [0.717, 1.165) is 0 Å². The molecule has 1 heterocycles. The van der Waals surface area contributed by atoms with Crippen LogP contribution in [-0.2, 0) is 6.54 Å². The highest BCUT2D eigenvalue weighted by Gasteiger charge is 2.06. The summed E-state index contributed by atoms with van der Waals surface area (Å²) in [7, 11) is 0. The number of benzene rings is 1. The van der Waals surface area contributed by atoms with Gasteiger partial charge in [-0.2, -0.15) is 5.10 Å². The molecule has 1 aromatic heterocycles. The summed E-state index contributed by atoms with van der Waals surface area (Å²) in [6.07, 6.45) is 2.92. The van der Waals surface area contributed by atoms with Gasteiger partial charge in [0.2, 0.25) is 0 Å². The summed E-state index contributed by atoms with van der Waals surface area (Å²) in [6, 6.07) is 4.62. The first-order valence-electron chi connectivity index (χ1n) is 4.12. The predicted molar refractivity (Wildman–Crippen MR) is 49.9 cm³/mol. The Bertz CT molecular complexity index is 404. The molecule has 0 bridgehead atoms. The van der Waals surface area contributed by atoms with Gasteiger partial charge in [-0.3, -0.25) is 0 Å². The number of nitrogens with zero attached hydrogens (tertiary/aromatic N) is 3. The van der Waals surface area contributed by atoms with Gasteiger partial charge in [0.25, 0.3) is 0 Å². The van der Waals surface area contributed by atoms with Crippen LogP contribution < -0.4 is 5.73 Å². The lowest BCUT2D eigenvalue weighted by molar-refractivity contribution is 0.586. The van der Waals surface area contributed by atoms with Crippen molar-refractivity contribution in [2.45, 2.75) is 6.54 Å². The fraction of sp³-hybridized carbons (Fsp3) is 0.111. The van der Waals surface area contributed by atoms with E-state index in [9.17, 15) is 4.39 Å². The average molecular weight is 192 g/mol. The molecule has 5 heteroatoms.